The van der Waals surface area contributed by atoms with E-state index in [9.17, 15) is 24.4 Å². The third kappa shape index (κ3) is 3.79. The van der Waals surface area contributed by atoms with Crippen LogP contribution in [0.15, 0.2) is 72.8 Å². The predicted molar refractivity (Wildman–Crippen MR) is 107 cm³/mol. The second-order valence-electron chi connectivity index (χ2n) is 6.40. The third-order valence-corrected chi connectivity index (χ3v) is 4.43. The molecule has 1 aromatic heterocycles. The summed E-state index contributed by atoms with van der Waals surface area (Å²) in [4.78, 5) is 26.3. The lowest BCUT2D eigenvalue weighted by Crippen LogP contribution is -2.00. The molecular weight excluding hydrogens is 391 g/mol. The number of carboxylic acid groups (broad SMARTS) is 1. The Labute approximate surface area is 169 Å². The molecule has 0 fully saturated rings. The van der Waals surface area contributed by atoms with Crippen LogP contribution in [0.3, 0.4) is 0 Å². The Morgan fingerprint density at radius 1 is 0.967 bits per heavy atom. The van der Waals surface area contributed by atoms with Crippen LogP contribution in [0.1, 0.15) is 10.4 Å². The molecule has 0 amide bonds. The van der Waals surface area contributed by atoms with Crippen molar-refractivity contribution in [3.8, 4) is 22.8 Å². The molecule has 0 aliphatic carbocycles. The number of hydrogen-bond acceptors (Lipinski definition) is 5. The number of nitrogens with zero attached hydrogens (tertiary/aromatic N) is 2. The SMILES string of the molecule is O=C(O)c1cc(-c2ccc(Oc3ccc([N+](=O)[O-])cc3)cc2)nc2ccc(F)cc12. The zero-order valence-electron chi connectivity index (χ0n) is 15.3. The van der Waals surface area contributed by atoms with Crippen molar-refractivity contribution in [3.63, 3.8) is 0 Å². The lowest BCUT2D eigenvalue weighted by Gasteiger charge is -2.09. The topological polar surface area (TPSA) is 103 Å². The number of nitro benzene ring substituents is 1. The zero-order chi connectivity index (χ0) is 21.3. The summed E-state index contributed by atoms with van der Waals surface area (Å²) in [7, 11) is 0. The first-order chi connectivity index (χ1) is 14.4. The normalized spacial score (nSPS) is 10.7. The molecule has 0 atom stereocenters. The van der Waals surface area contributed by atoms with E-state index >= 15 is 0 Å². The van der Waals surface area contributed by atoms with E-state index in [0.717, 1.165) is 6.07 Å². The van der Waals surface area contributed by atoms with Gasteiger partial charge < -0.3 is 9.84 Å². The second kappa shape index (κ2) is 7.59. The van der Waals surface area contributed by atoms with Crippen LogP contribution in [0.5, 0.6) is 11.5 Å². The Balaban J connectivity index is 1.63. The maximum absolute atomic E-state index is 13.5. The van der Waals surface area contributed by atoms with Crippen molar-refractivity contribution in [1.29, 1.82) is 0 Å². The molecule has 30 heavy (non-hydrogen) atoms. The van der Waals surface area contributed by atoms with Crippen LogP contribution < -0.4 is 4.74 Å². The molecule has 148 valence electrons. The molecule has 0 bridgehead atoms. The van der Waals surface area contributed by atoms with E-state index in [-0.39, 0.29) is 16.6 Å². The summed E-state index contributed by atoms with van der Waals surface area (Å²) in [5.41, 5.74) is 1.38. The number of nitro groups is 1. The second-order valence-corrected chi connectivity index (χ2v) is 6.40. The first-order valence-corrected chi connectivity index (χ1v) is 8.77. The summed E-state index contributed by atoms with van der Waals surface area (Å²) in [6, 6.07) is 17.7. The van der Waals surface area contributed by atoms with E-state index in [4.69, 9.17) is 4.74 Å². The van der Waals surface area contributed by atoms with Crippen molar-refractivity contribution in [2.24, 2.45) is 0 Å². The summed E-state index contributed by atoms with van der Waals surface area (Å²) in [5, 5.41) is 20.4. The molecule has 8 heteroatoms. The summed E-state index contributed by atoms with van der Waals surface area (Å²) < 4.78 is 19.2. The van der Waals surface area contributed by atoms with Crippen molar-refractivity contribution in [1.82, 2.24) is 4.98 Å². The van der Waals surface area contributed by atoms with Gasteiger partial charge in [0.2, 0.25) is 0 Å². The van der Waals surface area contributed by atoms with Gasteiger partial charge in [0.15, 0.2) is 0 Å². The van der Waals surface area contributed by atoms with Crippen LogP contribution >= 0.6 is 0 Å². The van der Waals surface area contributed by atoms with Crippen LogP contribution in [0.2, 0.25) is 0 Å². The van der Waals surface area contributed by atoms with E-state index in [0.29, 0.717) is 28.3 Å². The number of aromatic carboxylic acids is 1. The minimum Gasteiger partial charge on any atom is -0.478 e. The molecule has 0 radical (unpaired) electrons. The summed E-state index contributed by atoms with van der Waals surface area (Å²) in [6.07, 6.45) is 0. The van der Waals surface area contributed by atoms with Crippen molar-refractivity contribution < 1.29 is 24.0 Å². The molecule has 4 aromatic rings. The number of non-ortho nitro benzene ring substituents is 1. The lowest BCUT2D eigenvalue weighted by molar-refractivity contribution is -0.384. The van der Waals surface area contributed by atoms with Gasteiger partial charge in [-0.2, -0.15) is 0 Å². The number of pyridine rings is 1. The fraction of sp³-hybridized carbons (Fsp3) is 0. The van der Waals surface area contributed by atoms with E-state index in [1.807, 2.05) is 0 Å². The minimum atomic E-state index is -1.17. The Hall–Kier alpha value is -4.33. The number of carboxylic acids is 1. The molecule has 7 nitrogen and oxygen atoms in total. The molecule has 0 spiro atoms. The number of halogens is 1. The van der Waals surface area contributed by atoms with Gasteiger partial charge in [-0.1, -0.05) is 0 Å². The number of ether oxygens (including phenoxy) is 1. The Bertz CT molecular complexity index is 1270. The van der Waals surface area contributed by atoms with Crippen LogP contribution in [0.4, 0.5) is 10.1 Å². The lowest BCUT2D eigenvalue weighted by atomic mass is 10.0. The first-order valence-electron chi connectivity index (χ1n) is 8.77. The number of rotatable bonds is 5. The van der Waals surface area contributed by atoms with Crippen molar-refractivity contribution in [2.45, 2.75) is 0 Å². The van der Waals surface area contributed by atoms with E-state index in [1.54, 1.807) is 24.3 Å². The molecule has 1 N–H and O–H groups in total. The number of carbonyl (C=O) groups is 1. The van der Waals surface area contributed by atoms with E-state index < -0.39 is 16.7 Å². The monoisotopic (exact) mass is 404 g/mol. The molecule has 0 unspecified atom stereocenters. The Morgan fingerprint density at radius 2 is 1.60 bits per heavy atom. The minimum absolute atomic E-state index is 0.0332. The first kappa shape index (κ1) is 19.0. The van der Waals surface area contributed by atoms with Gasteiger partial charge in [0.25, 0.3) is 5.69 Å². The van der Waals surface area contributed by atoms with Gasteiger partial charge >= 0.3 is 5.97 Å². The van der Waals surface area contributed by atoms with Gasteiger partial charge in [-0.3, -0.25) is 10.1 Å². The summed E-state index contributed by atoms with van der Waals surface area (Å²) in [5.74, 6) is -0.777. The number of hydrogen-bond donors (Lipinski definition) is 1. The highest BCUT2D eigenvalue weighted by atomic mass is 19.1. The molecule has 0 aliphatic rings. The van der Waals surface area contributed by atoms with Crippen LogP contribution in [0, 0.1) is 15.9 Å². The van der Waals surface area contributed by atoms with Gasteiger partial charge in [0.05, 0.1) is 21.7 Å². The van der Waals surface area contributed by atoms with E-state index in [1.165, 1.54) is 42.5 Å². The molecule has 0 saturated carbocycles. The van der Waals surface area contributed by atoms with Crippen molar-refractivity contribution in [3.05, 3.63) is 94.3 Å². The number of benzene rings is 3. The number of aromatic nitrogens is 1. The van der Waals surface area contributed by atoms with Crippen molar-refractivity contribution >= 4 is 22.6 Å². The zero-order valence-corrected chi connectivity index (χ0v) is 15.3. The molecule has 3 aromatic carbocycles. The summed E-state index contributed by atoms with van der Waals surface area (Å²) >= 11 is 0. The third-order valence-electron chi connectivity index (χ3n) is 4.43. The fourth-order valence-corrected chi connectivity index (χ4v) is 2.99. The fourth-order valence-electron chi connectivity index (χ4n) is 2.99. The highest BCUT2D eigenvalue weighted by molar-refractivity contribution is 6.03. The molecule has 0 saturated heterocycles. The average molecular weight is 404 g/mol. The highest BCUT2D eigenvalue weighted by Crippen LogP contribution is 2.29. The standard InChI is InChI=1S/C22H13FN2O5/c23-14-3-10-20-18(11-14)19(22(26)27)12-21(24-20)13-1-6-16(7-2-13)30-17-8-4-15(5-9-17)25(28)29/h1-12H,(H,26,27). The molecule has 4 rings (SSSR count). The summed E-state index contributed by atoms with van der Waals surface area (Å²) in [6.45, 7) is 0. The maximum Gasteiger partial charge on any atom is 0.336 e. The number of fused-ring (bicyclic) bond motifs is 1. The largest absolute Gasteiger partial charge is 0.478 e. The Kier molecular flexibility index (Phi) is 4.81. The van der Waals surface area contributed by atoms with Crippen LogP contribution in [-0.2, 0) is 0 Å². The quantitative estimate of drug-likeness (QED) is 0.351. The van der Waals surface area contributed by atoms with Gasteiger partial charge in [0.1, 0.15) is 17.3 Å². The average Bonchev–Trinajstić information content (AvgIpc) is 2.74. The van der Waals surface area contributed by atoms with E-state index in [2.05, 4.69) is 4.98 Å². The van der Waals surface area contributed by atoms with Gasteiger partial charge in [-0.15, -0.1) is 0 Å². The molecule has 1 heterocycles. The van der Waals surface area contributed by atoms with Crippen molar-refractivity contribution in [2.75, 3.05) is 0 Å². The van der Waals surface area contributed by atoms with Crippen LogP contribution in [0.25, 0.3) is 22.2 Å². The van der Waals surface area contributed by atoms with Gasteiger partial charge in [0, 0.05) is 23.1 Å². The smallest absolute Gasteiger partial charge is 0.336 e. The highest BCUT2D eigenvalue weighted by Gasteiger charge is 2.14. The maximum atomic E-state index is 13.5. The molecule has 0 aliphatic heterocycles. The van der Waals surface area contributed by atoms with Gasteiger partial charge in [-0.05, 0) is 60.7 Å². The Morgan fingerprint density at radius 3 is 2.20 bits per heavy atom. The molecular formula is C22H13FN2O5. The predicted octanol–water partition coefficient (Wildman–Crippen LogP) is 5.44. The van der Waals surface area contributed by atoms with Crippen LogP contribution in [-0.4, -0.2) is 21.0 Å². The van der Waals surface area contributed by atoms with Gasteiger partial charge in [-0.25, -0.2) is 14.2 Å².